The molecule has 0 aliphatic heterocycles. The third-order valence-electron chi connectivity index (χ3n) is 0.644. The summed E-state index contributed by atoms with van der Waals surface area (Å²) in [6.07, 6.45) is 3.37. The van der Waals surface area contributed by atoms with Crippen molar-refractivity contribution in [1.29, 1.82) is 0 Å². The standard InChI is InChI=1S/C5H8O2.2Na.H2O3S.2H/c6-4-2-1-3-5-7;;;1-4(2)3;;/h4-5H,1-3H2;;;(H2,1,2,3);;. The minimum atomic E-state index is -2.61. The SMILES string of the molecule is O=CCCCC=O.O=S(O)O.[NaH].[NaH]. The van der Waals surface area contributed by atoms with Crippen LogP contribution in [0.3, 0.4) is 0 Å². The van der Waals surface area contributed by atoms with Crippen molar-refractivity contribution in [3.8, 4) is 0 Å². The van der Waals surface area contributed by atoms with Crippen LogP contribution in [0.15, 0.2) is 0 Å². The molecule has 13 heavy (non-hydrogen) atoms. The Bertz CT molecular complexity index is 120. The second-order valence-electron chi connectivity index (χ2n) is 1.49. The fourth-order valence-corrected chi connectivity index (χ4v) is 0.285. The molecule has 0 heterocycles. The number of aldehydes is 2. The van der Waals surface area contributed by atoms with Crippen molar-refractivity contribution in [3.63, 3.8) is 0 Å². The molecule has 2 N–H and O–H groups in total. The molecule has 0 spiro atoms. The summed E-state index contributed by atoms with van der Waals surface area (Å²) in [6, 6.07) is 0. The van der Waals surface area contributed by atoms with Gasteiger partial charge in [0.1, 0.15) is 12.6 Å². The fraction of sp³-hybridized carbons (Fsp3) is 0.600. The molecule has 0 aliphatic rings. The van der Waals surface area contributed by atoms with Crippen molar-refractivity contribution in [2.75, 3.05) is 0 Å². The summed E-state index contributed by atoms with van der Waals surface area (Å²) >= 11 is -2.61. The van der Waals surface area contributed by atoms with Gasteiger partial charge in [0, 0.05) is 12.8 Å². The zero-order valence-corrected chi connectivity index (χ0v) is 6.62. The number of hydrogen-bond donors (Lipinski definition) is 2. The van der Waals surface area contributed by atoms with Gasteiger partial charge in [-0.05, 0) is 6.42 Å². The van der Waals surface area contributed by atoms with Gasteiger partial charge in [0.25, 0.3) is 11.4 Å². The maximum absolute atomic E-state index is 9.56. The molecule has 5 nitrogen and oxygen atoms in total. The summed E-state index contributed by atoms with van der Waals surface area (Å²) < 4.78 is 22.8. The first-order valence-electron chi connectivity index (χ1n) is 2.82. The van der Waals surface area contributed by atoms with Gasteiger partial charge < -0.3 is 9.59 Å². The summed E-state index contributed by atoms with van der Waals surface area (Å²) in [5.41, 5.74) is 0. The average Bonchev–Trinajstić information content (AvgIpc) is 1.88. The molecule has 0 saturated carbocycles. The van der Waals surface area contributed by atoms with E-state index in [0.29, 0.717) is 19.3 Å². The molecule has 0 atom stereocenters. The maximum atomic E-state index is 9.56. The van der Waals surface area contributed by atoms with Crippen LogP contribution in [-0.2, 0) is 21.0 Å². The van der Waals surface area contributed by atoms with Crippen molar-refractivity contribution in [3.05, 3.63) is 0 Å². The van der Waals surface area contributed by atoms with Crippen molar-refractivity contribution in [2.45, 2.75) is 19.3 Å². The van der Waals surface area contributed by atoms with Gasteiger partial charge in [-0.1, -0.05) is 0 Å². The van der Waals surface area contributed by atoms with Crippen LogP contribution in [0.2, 0.25) is 0 Å². The summed E-state index contributed by atoms with van der Waals surface area (Å²) in [7, 11) is 0. The molecule has 0 saturated heterocycles. The monoisotopic (exact) mass is 230 g/mol. The van der Waals surface area contributed by atoms with Crippen molar-refractivity contribution in [1.82, 2.24) is 0 Å². The fourth-order valence-electron chi connectivity index (χ4n) is 0.285. The van der Waals surface area contributed by atoms with E-state index >= 15 is 0 Å². The number of unbranched alkanes of at least 4 members (excludes halogenated alkanes) is 2. The number of rotatable bonds is 4. The minimum absolute atomic E-state index is 0. The van der Waals surface area contributed by atoms with Gasteiger partial charge in [0.2, 0.25) is 0 Å². The predicted molar refractivity (Wildman–Crippen MR) is 53.7 cm³/mol. The van der Waals surface area contributed by atoms with Gasteiger partial charge in [-0.3, -0.25) is 9.11 Å². The van der Waals surface area contributed by atoms with Crippen LogP contribution in [0.1, 0.15) is 19.3 Å². The van der Waals surface area contributed by atoms with Gasteiger partial charge in [0.15, 0.2) is 0 Å². The molecule has 0 rings (SSSR count). The first-order chi connectivity index (χ1) is 5.15. The zero-order valence-electron chi connectivity index (χ0n) is 5.80. The summed E-state index contributed by atoms with van der Waals surface area (Å²) in [5.74, 6) is 0. The first kappa shape index (κ1) is 23.9. The Balaban J connectivity index is -0.0000000600. The summed E-state index contributed by atoms with van der Waals surface area (Å²) in [6.45, 7) is 0. The second-order valence-corrected chi connectivity index (χ2v) is 1.96. The molecular formula is C5H12Na2O5S. The summed E-state index contributed by atoms with van der Waals surface area (Å²) in [5, 5.41) is 0. The molecule has 0 amide bonds. The Morgan fingerprint density at radius 3 is 1.38 bits per heavy atom. The normalized spacial score (nSPS) is 7.00. The van der Waals surface area contributed by atoms with E-state index in [4.69, 9.17) is 13.3 Å². The Morgan fingerprint density at radius 2 is 1.23 bits per heavy atom. The predicted octanol–water partition coefficient (Wildman–Crippen LogP) is -1.06. The number of carbonyl (C=O) groups is 2. The first-order valence-corrected chi connectivity index (χ1v) is 3.88. The van der Waals surface area contributed by atoms with Crippen molar-refractivity contribution in [2.24, 2.45) is 0 Å². The van der Waals surface area contributed by atoms with Crippen LogP contribution in [0.5, 0.6) is 0 Å². The van der Waals surface area contributed by atoms with Crippen LogP contribution in [-0.4, -0.2) is 85.0 Å². The Kier molecular flexibility index (Phi) is 42.9. The molecule has 0 bridgehead atoms. The van der Waals surface area contributed by atoms with E-state index in [2.05, 4.69) is 0 Å². The van der Waals surface area contributed by atoms with E-state index in [-0.39, 0.29) is 59.1 Å². The quantitative estimate of drug-likeness (QED) is 0.278. The molecular weight excluding hydrogens is 218 g/mol. The van der Waals surface area contributed by atoms with E-state index < -0.39 is 11.4 Å². The van der Waals surface area contributed by atoms with Gasteiger partial charge in [-0.15, -0.1) is 0 Å². The average molecular weight is 230 g/mol. The molecule has 0 aromatic heterocycles. The van der Waals surface area contributed by atoms with Crippen LogP contribution in [0.25, 0.3) is 0 Å². The van der Waals surface area contributed by atoms with E-state index in [0.717, 1.165) is 12.6 Å². The van der Waals surface area contributed by atoms with Crippen LogP contribution < -0.4 is 0 Å². The molecule has 0 aromatic rings. The van der Waals surface area contributed by atoms with E-state index in [1.807, 2.05) is 0 Å². The van der Waals surface area contributed by atoms with E-state index in [1.165, 1.54) is 0 Å². The van der Waals surface area contributed by atoms with E-state index in [9.17, 15) is 9.59 Å². The van der Waals surface area contributed by atoms with Crippen LogP contribution in [0, 0.1) is 0 Å². The molecule has 0 fully saturated rings. The second kappa shape index (κ2) is 23.3. The topological polar surface area (TPSA) is 91.7 Å². The third kappa shape index (κ3) is 59.6. The molecule has 0 aromatic carbocycles. The van der Waals surface area contributed by atoms with Crippen molar-refractivity contribution < 1.29 is 22.9 Å². The zero-order chi connectivity index (χ0) is 9.11. The number of carbonyl (C=O) groups excluding carboxylic acids is 2. The third-order valence-corrected chi connectivity index (χ3v) is 0.644. The Labute approximate surface area is 124 Å². The Hall–Kier alpha value is 1.41. The van der Waals surface area contributed by atoms with Gasteiger partial charge in [-0.2, -0.15) is 4.21 Å². The molecule has 0 aliphatic carbocycles. The number of hydrogen-bond acceptors (Lipinski definition) is 3. The van der Waals surface area contributed by atoms with Gasteiger partial charge >= 0.3 is 59.1 Å². The molecule has 0 unspecified atom stereocenters. The van der Waals surface area contributed by atoms with Crippen molar-refractivity contribution >= 4 is 83.0 Å². The van der Waals surface area contributed by atoms with Gasteiger partial charge in [0.05, 0.1) is 0 Å². The van der Waals surface area contributed by atoms with Crippen LogP contribution in [0.4, 0.5) is 0 Å². The summed E-state index contributed by atoms with van der Waals surface area (Å²) in [4.78, 5) is 19.1. The van der Waals surface area contributed by atoms with E-state index in [1.54, 1.807) is 0 Å². The molecule has 0 radical (unpaired) electrons. The van der Waals surface area contributed by atoms with Crippen LogP contribution >= 0.6 is 0 Å². The molecule has 8 heteroatoms. The van der Waals surface area contributed by atoms with Gasteiger partial charge in [-0.25, -0.2) is 0 Å². The molecule has 70 valence electrons. The Morgan fingerprint density at radius 1 is 1.00 bits per heavy atom.